The summed E-state index contributed by atoms with van der Waals surface area (Å²) in [6, 6.07) is 8.83. The monoisotopic (exact) mass is 278 g/mol. The van der Waals surface area contributed by atoms with Gasteiger partial charge in [0.15, 0.2) is 0 Å². The number of hydrogen-bond donors (Lipinski definition) is 2. The molecule has 0 saturated heterocycles. The lowest BCUT2D eigenvalue weighted by molar-refractivity contribution is -0.145. The van der Waals surface area contributed by atoms with E-state index in [4.69, 9.17) is 4.74 Å². The lowest BCUT2D eigenvalue weighted by Gasteiger charge is -2.18. The first kappa shape index (κ1) is 16.0. The topological polar surface area (TPSA) is 67.4 Å². The Bertz CT molecular complexity index is 432. The molecule has 0 aromatic heterocycles. The van der Waals surface area contributed by atoms with Crippen LogP contribution in [0.1, 0.15) is 20.3 Å². The van der Waals surface area contributed by atoms with Crippen molar-refractivity contribution in [3.63, 3.8) is 0 Å². The van der Waals surface area contributed by atoms with Gasteiger partial charge in [0.1, 0.15) is 6.04 Å². The summed E-state index contributed by atoms with van der Waals surface area (Å²) in [7, 11) is 1.32. The van der Waals surface area contributed by atoms with Gasteiger partial charge >= 0.3 is 5.97 Å². The lowest BCUT2D eigenvalue weighted by Crippen LogP contribution is -2.44. The highest BCUT2D eigenvalue weighted by Crippen LogP contribution is 2.07. The van der Waals surface area contributed by atoms with Crippen LogP contribution in [-0.4, -0.2) is 31.6 Å². The summed E-state index contributed by atoms with van der Waals surface area (Å²) in [6.07, 6.45) is 0.559. The summed E-state index contributed by atoms with van der Waals surface area (Å²) in [6.45, 7) is 4.10. The molecule has 2 N–H and O–H groups in total. The van der Waals surface area contributed by atoms with E-state index in [0.717, 1.165) is 5.69 Å². The van der Waals surface area contributed by atoms with E-state index < -0.39 is 12.0 Å². The first-order valence-electron chi connectivity index (χ1n) is 6.69. The number of rotatable bonds is 7. The van der Waals surface area contributed by atoms with Crippen LogP contribution in [-0.2, 0) is 14.3 Å². The second kappa shape index (κ2) is 8.19. The molecule has 0 aliphatic carbocycles. The van der Waals surface area contributed by atoms with Crippen LogP contribution in [0.2, 0.25) is 0 Å². The molecule has 1 aromatic rings. The fourth-order valence-corrected chi connectivity index (χ4v) is 1.81. The SMILES string of the molecule is COC(=O)C(CC(C)C)NC(=O)CNc1ccccc1. The van der Waals surface area contributed by atoms with Crippen LogP contribution in [0.3, 0.4) is 0 Å². The maximum absolute atomic E-state index is 11.8. The highest BCUT2D eigenvalue weighted by Gasteiger charge is 2.22. The minimum absolute atomic E-state index is 0.121. The third-order valence-corrected chi connectivity index (χ3v) is 2.75. The lowest BCUT2D eigenvalue weighted by atomic mass is 10.0. The Kier molecular flexibility index (Phi) is 6.56. The summed E-state index contributed by atoms with van der Waals surface area (Å²) in [4.78, 5) is 23.4. The third-order valence-electron chi connectivity index (χ3n) is 2.75. The molecule has 1 aromatic carbocycles. The maximum Gasteiger partial charge on any atom is 0.328 e. The number of amides is 1. The molecule has 5 heteroatoms. The largest absolute Gasteiger partial charge is 0.467 e. The van der Waals surface area contributed by atoms with Gasteiger partial charge in [0.05, 0.1) is 13.7 Å². The van der Waals surface area contributed by atoms with Crippen molar-refractivity contribution in [2.24, 2.45) is 5.92 Å². The van der Waals surface area contributed by atoms with Gasteiger partial charge in [-0.3, -0.25) is 4.79 Å². The number of methoxy groups -OCH3 is 1. The third kappa shape index (κ3) is 5.73. The quantitative estimate of drug-likeness (QED) is 0.746. The second-order valence-electron chi connectivity index (χ2n) is 4.99. The number of nitrogens with one attached hydrogen (secondary N) is 2. The van der Waals surface area contributed by atoms with Crippen molar-refractivity contribution >= 4 is 17.6 Å². The van der Waals surface area contributed by atoms with Gasteiger partial charge in [-0.2, -0.15) is 0 Å². The summed E-state index contributed by atoms with van der Waals surface area (Å²) in [5.41, 5.74) is 0.862. The van der Waals surface area contributed by atoms with Gasteiger partial charge in [-0.05, 0) is 24.5 Å². The zero-order chi connectivity index (χ0) is 15.0. The molecule has 1 amide bonds. The molecular weight excluding hydrogens is 256 g/mol. The minimum atomic E-state index is -0.593. The Hall–Kier alpha value is -2.04. The smallest absolute Gasteiger partial charge is 0.328 e. The summed E-state index contributed by atoms with van der Waals surface area (Å²) in [5.74, 6) is -0.349. The number of benzene rings is 1. The van der Waals surface area contributed by atoms with E-state index in [1.807, 2.05) is 44.2 Å². The predicted octanol–water partition coefficient (Wildman–Crippen LogP) is 1.80. The molecule has 110 valence electrons. The number of hydrogen-bond acceptors (Lipinski definition) is 4. The first-order valence-corrected chi connectivity index (χ1v) is 6.69. The highest BCUT2D eigenvalue weighted by molar-refractivity contribution is 5.86. The molecule has 0 aliphatic rings. The van der Waals surface area contributed by atoms with Gasteiger partial charge < -0.3 is 15.4 Å². The standard InChI is InChI=1S/C15H22N2O3/c1-11(2)9-13(15(19)20-3)17-14(18)10-16-12-7-5-4-6-8-12/h4-8,11,13,16H,9-10H2,1-3H3,(H,17,18). The fraction of sp³-hybridized carbons (Fsp3) is 0.467. The van der Waals surface area contributed by atoms with E-state index in [1.54, 1.807) is 0 Å². The van der Waals surface area contributed by atoms with Gasteiger partial charge in [-0.1, -0.05) is 32.0 Å². The number of esters is 1. The van der Waals surface area contributed by atoms with Crippen molar-refractivity contribution in [3.8, 4) is 0 Å². The number of anilines is 1. The molecule has 0 aliphatic heterocycles. The van der Waals surface area contributed by atoms with Crippen molar-refractivity contribution in [2.75, 3.05) is 19.0 Å². The van der Waals surface area contributed by atoms with Crippen molar-refractivity contribution in [3.05, 3.63) is 30.3 Å². The molecule has 1 atom stereocenters. The van der Waals surface area contributed by atoms with Gasteiger partial charge in [-0.15, -0.1) is 0 Å². The van der Waals surface area contributed by atoms with Gasteiger partial charge in [0, 0.05) is 5.69 Å². The van der Waals surface area contributed by atoms with Crippen LogP contribution < -0.4 is 10.6 Å². The van der Waals surface area contributed by atoms with Crippen molar-refractivity contribution in [1.29, 1.82) is 0 Å². The van der Waals surface area contributed by atoms with Crippen LogP contribution in [0.4, 0.5) is 5.69 Å². The Morgan fingerprint density at radius 2 is 1.85 bits per heavy atom. The number of ether oxygens (including phenoxy) is 1. The van der Waals surface area contributed by atoms with E-state index >= 15 is 0 Å². The molecule has 0 bridgehead atoms. The number of para-hydroxylation sites is 1. The molecular formula is C15H22N2O3. The summed E-state index contributed by atoms with van der Waals surface area (Å²) in [5, 5.41) is 5.69. The van der Waals surface area contributed by atoms with E-state index in [2.05, 4.69) is 10.6 Å². The van der Waals surface area contributed by atoms with Gasteiger partial charge in [-0.25, -0.2) is 4.79 Å². The molecule has 0 fully saturated rings. The highest BCUT2D eigenvalue weighted by atomic mass is 16.5. The van der Waals surface area contributed by atoms with Gasteiger partial charge in [0.2, 0.25) is 5.91 Å². The summed E-state index contributed by atoms with van der Waals surface area (Å²) >= 11 is 0. The Balaban J connectivity index is 2.47. The van der Waals surface area contributed by atoms with E-state index in [9.17, 15) is 9.59 Å². The molecule has 1 unspecified atom stereocenters. The van der Waals surface area contributed by atoms with E-state index in [0.29, 0.717) is 12.3 Å². The van der Waals surface area contributed by atoms with E-state index in [1.165, 1.54) is 7.11 Å². The minimum Gasteiger partial charge on any atom is -0.467 e. The molecule has 0 heterocycles. The zero-order valence-electron chi connectivity index (χ0n) is 12.2. The molecule has 0 saturated carbocycles. The Morgan fingerprint density at radius 3 is 2.40 bits per heavy atom. The summed E-state index contributed by atoms with van der Waals surface area (Å²) < 4.78 is 4.70. The molecule has 0 radical (unpaired) electrons. The maximum atomic E-state index is 11.8. The van der Waals surface area contributed by atoms with E-state index in [-0.39, 0.29) is 12.5 Å². The average Bonchev–Trinajstić information content (AvgIpc) is 2.44. The van der Waals surface area contributed by atoms with Crippen molar-refractivity contribution in [2.45, 2.75) is 26.3 Å². The van der Waals surface area contributed by atoms with Crippen molar-refractivity contribution in [1.82, 2.24) is 5.32 Å². The molecule has 20 heavy (non-hydrogen) atoms. The predicted molar refractivity (Wildman–Crippen MR) is 78.3 cm³/mol. The van der Waals surface area contributed by atoms with Crippen LogP contribution >= 0.6 is 0 Å². The number of carbonyl (C=O) groups is 2. The zero-order valence-corrected chi connectivity index (χ0v) is 12.2. The normalized spacial score (nSPS) is 11.8. The van der Waals surface area contributed by atoms with Crippen LogP contribution in [0.25, 0.3) is 0 Å². The fourth-order valence-electron chi connectivity index (χ4n) is 1.81. The van der Waals surface area contributed by atoms with Crippen LogP contribution in [0.5, 0.6) is 0 Å². The van der Waals surface area contributed by atoms with Crippen LogP contribution in [0.15, 0.2) is 30.3 Å². The number of carbonyl (C=O) groups excluding carboxylic acids is 2. The molecule has 1 rings (SSSR count). The van der Waals surface area contributed by atoms with Crippen LogP contribution in [0, 0.1) is 5.92 Å². The Morgan fingerprint density at radius 1 is 1.20 bits per heavy atom. The molecule has 5 nitrogen and oxygen atoms in total. The average molecular weight is 278 g/mol. The molecule has 0 spiro atoms. The first-order chi connectivity index (χ1) is 9.52. The van der Waals surface area contributed by atoms with Gasteiger partial charge in [0.25, 0.3) is 0 Å². The Labute approximate surface area is 119 Å². The second-order valence-corrected chi connectivity index (χ2v) is 4.99. The van der Waals surface area contributed by atoms with Crippen molar-refractivity contribution < 1.29 is 14.3 Å².